The van der Waals surface area contributed by atoms with Crippen LogP contribution >= 0.6 is 0 Å². The lowest BCUT2D eigenvalue weighted by atomic mass is 10.3. The molecule has 0 saturated heterocycles. The topological polar surface area (TPSA) is 99.8 Å². The number of hydrogen-bond acceptors (Lipinski definition) is 4. The molecule has 0 fully saturated rings. The Balaban J connectivity index is 2.17. The van der Waals surface area contributed by atoms with Gasteiger partial charge in [0.15, 0.2) is 0 Å². The fourth-order valence-corrected chi connectivity index (χ4v) is 1.95. The van der Waals surface area contributed by atoms with Crippen LogP contribution in [0.15, 0.2) is 6.33 Å². The highest BCUT2D eigenvalue weighted by molar-refractivity contribution is 7.87. The zero-order valence-electron chi connectivity index (χ0n) is 8.52. The van der Waals surface area contributed by atoms with E-state index in [9.17, 15) is 8.42 Å². The smallest absolute Gasteiger partial charge is 0.263 e. The minimum atomic E-state index is -3.32. The van der Waals surface area contributed by atoms with E-state index in [4.69, 9.17) is 0 Å². The van der Waals surface area contributed by atoms with Crippen LogP contribution in [0.4, 0.5) is 0 Å². The lowest BCUT2D eigenvalue weighted by Crippen LogP contribution is -2.36. The predicted octanol–water partition coefficient (Wildman–Crippen LogP) is -0.819. The van der Waals surface area contributed by atoms with E-state index in [0.29, 0.717) is 25.9 Å². The van der Waals surface area contributed by atoms with E-state index in [2.05, 4.69) is 24.6 Å². The van der Waals surface area contributed by atoms with Gasteiger partial charge in [-0.05, 0) is 6.42 Å². The molecule has 0 aliphatic rings. The highest BCUT2D eigenvalue weighted by Crippen LogP contribution is 1.91. The van der Waals surface area contributed by atoms with Gasteiger partial charge in [0.1, 0.15) is 12.2 Å². The van der Waals surface area contributed by atoms with Crippen LogP contribution in [0.5, 0.6) is 0 Å². The lowest BCUT2D eigenvalue weighted by Gasteiger charge is -2.05. The van der Waals surface area contributed by atoms with Gasteiger partial charge in [0.2, 0.25) is 0 Å². The van der Waals surface area contributed by atoms with Crippen LogP contribution in [0.2, 0.25) is 0 Å². The monoisotopic (exact) mass is 233 g/mol. The summed E-state index contributed by atoms with van der Waals surface area (Å²) in [4.78, 5) is 3.93. The molecule has 1 aromatic heterocycles. The van der Waals surface area contributed by atoms with Crippen molar-refractivity contribution in [3.05, 3.63) is 12.2 Å². The Labute approximate surface area is 88.9 Å². The van der Waals surface area contributed by atoms with Gasteiger partial charge < -0.3 is 0 Å². The zero-order valence-corrected chi connectivity index (χ0v) is 9.34. The van der Waals surface area contributed by atoms with E-state index in [0.717, 1.165) is 5.82 Å². The van der Waals surface area contributed by atoms with Gasteiger partial charge in [-0.2, -0.15) is 13.5 Å². The van der Waals surface area contributed by atoms with E-state index in [1.165, 1.54) is 6.33 Å². The maximum atomic E-state index is 11.1. The number of nitrogens with one attached hydrogen (secondary N) is 3. The van der Waals surface area contributed by atoms with Crippen molar-refractivity contribution in [1.29, 1.82) is 0 Å². The average molecular weight is 233 g/mol. The van der Waals surface area contributed by atoms with Crippen molar-refractivity contribution in [2.75, 3.05) is 13.1 Å². The van der Waals surface area contributed by atoms with Crippen molar-refractivity contribution >= 4 is 10.2 Å². The maximum absolute atomic E-state index is 11.1. The Morgan fingerprint density at radius 2 is 2.27 bits per heavy atom. The van der Waals surface area contributed by atoms with E-state index < -0.39 is 10.2 Å². The zero-order chi connectivity index (χ0) is 11.1. The van der Waals surface area contributed by atoms with Crippen molar-refractivity contribution in [3.63, 3.8) is 0 Å². The normalized spacial score (nSPS) is 11.8. The molecule has 7 nitrogen and oxygen atoms in total. The van der Waals surface area contributed by atoms with Gasteiger partial charge in [-0.25, -0.2) is 14.4 Å². The van der Waals surface area contributed by atoms with E-state index >= 15 is 0 Å². The van der Waals surface area contributed by atoms with Crippen molar-refractivity contribution in [2.24, 2.45) is 0 Å². The number of rotatable bonds is 7. The molecule has 0 atom stereocenters. The highest BCUT2D eigenvalue weighted by Gasteiger charge is 2.05. The third-order valence-corrected chi connectivity index (χ3v) is 2.93. The largest absolute Gasteiger partial charge is 0.276 e. The van der Waals surface area contributed by atoms with E-state index in [1.807, 2.05) is 0 Å². The molecule has 0 aliphatic carbocycles. The molecule has 0 aromatic carbocycles. The predicted molar refractivity (Wildman–Crippen MR) is 55.3 cm³/mol. The summed E-state index contributed by atoms with van der Waals surface area (Å²) in [5.74, 6) is 0.762. The van der Waals surface area contributed by atoms with E-state index in [-0.39, 0.29) is 0 Å². The second-order valence-corrected chi connectivity index (χ2v) is 4.52. The van der Waals surface area contributed by atoms with Crippen LogP contribution < -0.4 is 9.44 Å². The molecule has 3 N–H and O–H groups in total. The fourth-order valence-electron chi connectivity index (χ4n) is 1.05. The van der Waals surface area contributed by atoms with Crippen LogP contribution in [0, 0.1) is 0 Å². The van der Waals surface area contributed by atoms with Crippen LogP contribution in [0.1, 0.15) is 19.2 Å². The van der Waals surface area contributed by atoms with Crippen molar-refractivity contribution < 1.29 is 8.42 Å². The molecule has 0 spiro atoms. The van der Waals surface area contributed by atoms with Gasteiger partial charge in [-0.1, -0.05) is 6.92 Å². The molecular weight excluding hydrogens is 218 g/mol. The Hall–Kier alpha value is -0.990. The standard InChI is InChI=1S/C7H15N5O2S/c1-2-10-15(13,14)11-5-3-4-7-8-6-9-12-7/h6,10-11H,2-5H2,1H3,(H,8,9,12). The summed E-state index contributed by atoms with van der Waals surface area (Å²) in [6.07, 6.45) is 2.78. The van der Waals surface area contributed by atoms with Gasteiger partial charge in [0.05, 0.1) is 0 Å². The second kappa shape index (κ2) is 5.79. The summed E-state index contributed by atoms with van der Waals surface area (Å²) in [6, 6.07) is 0. The fraction of sp³-hybridized carbons (Fsp3) is 0.714. The molecule has 86 valence electrons. The average Bonchev–Trinajstić information content (AvgIpc) is 2.65. The van der Waals surface area contributed by atoms with Gasteiger partial charge in [0.25, 0.3) is 10.2 Å². The molecule has 0 bridgehead atoms. The Morgan fingerprint density at radius 1 is 1.47 bits per heavy atom. The summed E-state index contributed by atoms with van der Waals surface area (Å²) in [5, 5.41) is 6.40. The molecule has 0 saturated carbocycles. The summed E-state index contributed by atoms with van der Waals surface area (Å²) >= 11 is 0. The number of aromatic nitrogens is 3. The number of hydrogen-bond donors (Lipinski definition) is 3. The summed E-state index contributed by atoms with van der Waals surface area (Å²) in [7, 11) is -3.32. The molecular formula is C7H15N5O2S. The number of aromatic amines is 1. The second-order valence-electron chi connectivity index (χ2n) is 2.93. The number of H-pyrrole nitrogens is 1. The van der Waals surface area contributed by atoms with Gasteiger partial charge >= 0.3 is 0 Å². The molecule has 0 aliphatic heterocycles. The first-order valence-electron chi connectivity index (χ1n) is 4.72. The van der Waals surface area contributed by atoms with Crippen LogP contribution in [0.3, 0.4) is 0 Å². The van der Waals surface area contributed by atoms with Crippen molar-refractivity contribution in [3.8, 4) is 0 Å². The number of nitrogens with zero attached hydrogens (tertiary/aromatic N) is 2. The Kier molecular flexibility index (Phi) is 4.66. The molecule has 1 rings (SSSR count). The molecule has 0 unspecified atom stereocenters. The molecule has 0 amide bonds. The van der Waals surface area contributed by atoms with Crippen LogP contribution in [0.25, 0.3) is 0 Å². The van der Waals surface area contributed by atoms with Crippen LogP contribution in [-0.2, 0) is 16.6 Å². The van der Waals surface area contributed by atoms with Gasteiger partial charge in [-0.3, -0.25) is 5.10 Å². The summed E-state index contributed by atoms with van der Waals surface area (Å²) < 4.78 is 27.0. The van der Waals surface area contributed by atoms with Gasteiger partial charge in [-0.15, -0.1) is 0 Å². The first-order valence-corrected chi connectivity index (χ1v) is 6.21. The Bertz CT molecular complexity index is 361. The molecule has 8 heteroatoms. The quantitative estimate of drug-likeness (QED) is 0.536. The molecule has 15 heavy (non-hydrogen) atoms. The minimum absolute atomic E-state index is 0.385. The maximum Gasteiger partial charge on any atom is 0.276 e. The van der Waals surface area contributed by atoms with Crippen molar-refractivity contribution in [1.82, 2.24) is 24.6 Å². The third-order valence-electron chi connectivity index (χ3n) is 1.68. The Morgan fingerprint density at radius 3 is 2.87 bits per heavy atom. The molecule has 0 radical (unpaired) electrons. The highest BCUT2D eigenvalue weighted by atomic mass is 32.2. The first kappa shape index (κ1) is 12.1. The minimum Gasteiger partial charge on any atom is -0.263 e. The third kappa shape index (κ3) is 4.86. The summed E-state index contributed by atoms with van der Waals surface area (Å²) in [5.41, 5.74) is 0. The molecule has 1 aromatic rings. The van der Waals surface area contributed by atoms with Gasteiger partial charge in [0, 0.05) is 19.5 Å². The summed E-state index contributed by atoms with van der Waals surface area (Å²) in [6.45, 7) is 2.50. The first-order chi connectivity index (χ1) is 7.14. The lowest BCUT2D eigenvalue weighted by molar-refractivity contribution is 0.565. The van der Waals surface area contributed by atoms with Crippen molar-refractivity contribution in [2.45, 2.75) is 19.8 Å². The van der Waals surface area contributed by atoms with Crippen LogP contribution in [-0.4, -0.2) is 36.7 Å². The number of aryl methyl sites for hydroxylation is 1. The van der Waals surface area contributed by atoms with E-state index in [1.54, 1.807) is 6.92 Å². The SMILES string of the molecule is CCNS(=O)(=O)NCCCc1ncn[nH]1. The molecule has 1 heterocycles.